The van der Waals surface area contributed by atoms with E-state index in [1.165, 1.54) is 0 Å². The standard InChI is InChI=1S/C14H13ClN4OS2/c1-21-11-7-10(16)18-14(19-11)22-5-3-9-6-8-2-4-20-12(8)13(15)17-9/h2,4,6-7H,3,5H2,1H3,(H2,16,18,19). The fourth-order valence-corrected chi connectivity index (χ4v) is 3.52. The number of hydrogen-bond acceptors (Lipinski definition) is 7. The molecule has 0 aliphatic heterocycles. The van der Waals surface area contributed by atoms with Gasteiger partial charge in [-0.05, 0) is 24.8 Å². The van der Waals surface area contributed by atoms with Crippen LogP contribution in [0, 0.1) is 0 Å². The van der Waals surface area contributed by atoms with Crippen molar-refractivity contribution < 1.29 is 4.42 Å². The van der Waals surface area contributed by atoms with Gasteiger partial charge < -0.3 is 10.2 Å². The van der Waals surface area contributed by atoms with E-state index in [2.05, 4.69) is 15.0 Å². The van der Waals surface area contributed by atoms with Crippen molar-refractivity contribution in [3.05, 3.63) is 35.3 Å². The van der Waals surface area contributed by atoms with Crippen molar-refractivity contribution in [2.45, 2.75) is 16.6 Å². The van der Waals surface area contributed by atoms with Crippen molar-refractivity contribution in [1.82, 2.24) is 15.0 Å². The molecule has 0 spiro atoms. The number of aryl methyl sites for hydroxylation is 1. The Balaban J connectivity index is 1.68. The monoisotopic (exact) mass is 352 g/mol. The Morgan fingerprint density at radius 1 is 1.27 bits per heavy atom. The molecule has 8 heteroatoms. The number of nitrogens with two attached hydrogens (primary N) is 1. The van der Waals surface area contributed by atoms with Gasteiger partial charge in [-0.25, -0.2) is 15.0 Å². The minimum absolute atomic E-state index is 0.396. The summed E-state index contributed by atoms with van der Waals surface area (Å²) >= 11 is 9.20. The molecule has 0 unspecified atom stereocenters. The highest BCUT2D eigenvalue weighted by atomic mass is 35.5. The highest BCUT2D eigenvalue weighted by Crippen LogP contribution is 2.25. The van der Waals surface area contributed by atoms with Crippen LogP contribution < -0.4 is 5.73 Å². The number of fused-ring (bicyclic) bond motifs is 1. The van der Waals surface area contributed by atoms with Crippen molar-refractivity contribution in [3.8, 4) is 0 Å². The zero-order valence-corrected chi connectivity index (χ0v) is 14.1. The van der Waals surface area contributed by atoms with Gasteiger partial charge in [-0.1, -0.05) is 23.4 Å². The van der Waals surface area contributed by atoms with Crippen LogP contribution in [0.5, 0.6) is 0 Å². The maximum atomic E-state index is 6.10. The molecule has 2 N–H and O–H groups in total. The number of halogens is 1. The smallest absolute Gasteiger partial charge is 0.190 e. The highest BCUT2D eigenvalue weighted by Gasteiger charge is 2.08. The first-order valence-electron chi connectivity index (χ1n) is 6.49. The van der Waals surface area contributed by atoms with E-state index in [1.807, 2.05) is 18.4 Å². The number of nitrogen functional groups attached to an aromatic ring is 1. The summed E-state index contributed by atoms with van der Waals surface area (Å²) in [6.45, 7) is 0. The van der Waals surface area contributed by atoms with Crippen LogP contribution in [-0.2, 0) is 6.42 Å². The van der Waals surface area contributed by atoms with Gasteiger partial charge in [-0.3, -0.25) is 0 Å². The molecule has 3 aromatic heterocycles. The number of furan rings is 1. The van der Waals surface area contributed by atoms with Gasteiger partial charge in [0.2, 0.25) is 0 Å². The average Bonchev–Trinajstić information content (AvgIpc) is 2.95. The van der Waals surface area contributed by atoms with Crippen molar-refractivity contribution >= 4 is 51.9 Å². The molecule has 114 valence electrons. The normalized spacial score (nSPS) is 11.2. The van der Waals surface area contributed by atoms with E-state index in [1.54, 1.807) is 35.9 Å². The predicted molar refractivity (Wildman–Crippen MR) is 91.7 cm³/mol. The molecule has 0 fully saturated rings. The number of hydrogen-bond donors (Lipinski definition) is 1. The summed E-state index contributed by atoms with van der Waals surface area (Å²) in [7, 11) is 0. The minimum Gasteiger partial charge on any atom is -0.461 e. The van der Waals surface area contributed by atoms with Crippen molar-refractivity contribution in [3.63, 3.8) is 0 Å². The van der Waals surface area contributed by atoms with Gasteiger partial charge in [0.15, 0.2) is 15.9 Å². The molecule has 3 rings (SSSR count). The second kappa shape index (κ2) is 6.76. The Kier molecular flexibility index (Phi) is 4.75. The summed E-state index contributed by atoms with van der Waals surface area (Å²) in [6.07, 6.45) is 4.34. The summed E-state index contributed by atoms with van der Waals surface area (Å²) in [4.78, 5) is 13.0. The van der Waals surface area contributed by atoms with Gasteiger partial charge in [0.1, 0.15) is 10.8 Å². The molecule has 0 aliphatic carbocycles. The molecule has 5 nitrogen and oxygen atoms in total. The minimum atomic E-state index is 0.396. The number of aromatic nitrogens is 3. The van der Waals surface area contributed by atoms with E-state index >= 15 is 0 Å². The largest absolute Gasteiger partial charge is 0.461 e. The Labute approximate surface area is 141 Å². The Hall–Kier alpha value is -1.44. The predicted octanol–water partition coefficient (Wildman–Crippen LogP) is 3.91. The van der Waals surface area contributed by atoms with Crippen LogP contribution in [0.25, 0.3) is 11.0 Å². The first-order chi connectivity index (χ1) is 10.7. The van der Waals surface area contributed by atoms with Gasteiger partial charge in [-0.2, -0.15) is 0 Å². The first-order valence-corrected chi connectivity index (χ1v) is 9.08. The molecular weight excluding hydrogens is 340 g/mol. The summed E-state index contributed by atoms with van der Waals surface area (Å²) in [5, 5.41) is 2.91. The summed E-state index contributed by atoms with van der Waals surface area (Å²) < 4.78 is 5.28. The van der Waals surface area contributed by atoms with Gasteiger partial charge in [0.05, 0.1) is 6.26 Å². The van der Waals surface area contributed by atoms with E-state index in [9.17, 15) is 0 Å². The van der Waals surface area contributed by atoms with Crippen molar-refractivity contribution in [2.24, 2.45) is 0 Å². The fraction of sp³-hybridized carbons (Fsp3) is 0.214. The zero-order chi connectivity index (χ0) is 15.5. The number of thioether (sulfide) groups is 2. The molecule has 0 aliphatic rings. The molecular formula is C14H13ClN4OS2. The average molecular weight is 353 g/mol. The third-order valence-electron chi connectivity index (χ3n) is 2.95. The van der Waals surface area contributed by atoms with Gasteiger partial charge in [-0.15, -0.1) is 11.8 Å². The lowest BCUT2D eigenvalue weighted by atomic mass is 10.2. The van der Waals surface area contributed by atoms with Crippen LogP contribution in [0.1, 0.15) is 5.69 Å². The van der Waals surface area contributed by atoms with E-state index in [0.29, 0.717) is 21.7 Å². The van der Waals surface area contributed by atoms with Crippen molar-refractivity contribution in [1.29, 1.82) is 0 Å². The maximum Gasteiger partial charge on any atom is 0.190 e. The molecule has 0 atom stereocenters. The van der Waals surface area contributed by atoms with E-state index in [-0.39, 0.29) is 0 Å². The quantitative estimate of drug-likeness (QED) is 0.323. The lowest BCUT2D eigenvalue weighted by molar-refractivity contribution is 0.614. The van der Waals surface area contributed by atoms with E-state index in [4.69, 9.17) is 21.8 Å². The second-order valence-corrected chi connectivity index (χ2v) is 6.71. The molecule has 0 saturated heterocycles. The van der Waals surface area contributed by atoms with Crippen LogP contribution in [0.15, 0.2) is 39.1 Å². The third-order valence-corrected chi connectivity index (χ3v) is 4.68. The Morgan fingerprint density at radius 2 is 2.14 bits per heavy atom. The highest BCUT2D eigenvalue weighted by molar-refractivity contribution is 7.99. The molecule has 0 amide bonds. The van der Waals surface area contributed by atoms with Crippen molar-refractivity contribution in [2.75, 3.05) is 17.7 Å². The van der Waals surface area contributed by atoms with Gasteiger partial charge in [0.25, 0.3) is 0 Å². The SMILES string of the molecule is CSc1cc(N)nc(SCCc2cc3ccoc3c(Cl)n2)n1. The van der Waals surface area contributed by atoms with Crippen LogP contribution in [0.2, 0.25) is 5.15 Å². The van der Waals surface area contributed by atoms with Gasteiger partial charge >= 0.3 is 0 Å². The number of nitrogens with zero attached hydrogens (tertiary/aromatic N) is 3. The summed E-state index contributed by atoms with van der Waals surface area (Å²) in [5.74, 6) is 1.28. The molecule has 0 radical (unpaired) electrons. The van der Waals surface area contributed by atoms with E-state index < -0.39 is 0 Å². The van der Waals surface area contributed by atoms with Crippen LogP contribution in [0.3, 0.4) is 0 Å². The van der Waals surface area contributed by atoms with E-state index in [0.717, 1.165) is 28.3 Å². The van der Waals surface area contributed by atoms with Gasteiger partial charge in [0, 0.05) is 22.9 Å². The maximum absolute atomic E-state index is 6.10. The number of pyridine rings is 1. The molecule has 22 heavy (non-hydrogen) atoms. The lowest BCUT2D eigenvalue weighted by Gasteiger charge is -2.04. The lowest BCUT2D eigenvalue weighted by Crippen LogP contribution is -1.98. The summed E-state index contributed by atoms with van der Waals surface area (Å²) in [5.41, 5.74) is 7.31. The van der Waals surface area contributed by atoms with Crippen LogP contribution in [0.4, 0.5) is 5.82 Å². The summed E-state index contributed by atoms with van der Waals surface area (Å²) in [6, 6.07) is 5.63. The Bertz CT molecular complexity index is 809. The number of rotatable bonds is 5. The first kappa shape index (κ1) is 15.5. The topological polar surface area (TPSA) is 77.8 Å². The zero-order valence-electron chi connectivity index (χ0n) is 11.7. The molecule has 0 aromatic carbocycles. The number of anilines is 1. The second-order valence-electron chi connectivity index (χ2n) is 4.46. The Morgan fingerprint density at radius 3 is 2.95 bits per heavy atom. The molecule has 3 aromatic rings. The van der Waals surface area contributed by atoms with Crippen LogP contribution in [-0.4, -0.2) is 27.0 Å². The third kappa shape index (κ3) is 3.48. The molecule has 0 bridgehead atoms. The molecule has 3 heterocycles. The molecule has 0 saturated carbocycles. The van der Waals surface area contributed by atoms with Crippen LogP contribution >= 0.6 is 35.1 Å². The fourth-order valence-electron chi connectivity index (χ4n) is 1.95.